The fraction of sp³-hybridized carbons (Fsp3) is 0.625. The fourth-order valence-electron chi connectivity index (χ4n) is 3.79. The average molecular weight is 430 g/mol. The van der Waals surface area contributed by atoms with Gasteiger partial charge in [-0.1, -0.05) is 28.8 Å². The van der Waals surface area contributed by atoms with Gasteiger partial charge in [-0.2, -0.15) is 0 Å². The third-order valence-electron chi connectivity index (χ3n) is 4.77. The zero-order valence-electron chi connectivity index (χ0n) is 12.9. The maximum atomic E-state index is 13.9. The van der Waals surface area contributed by atoms with Crippen LogP contribution < -0.4 is 5.32 Å². The molecule has 1 aromatic rings. The van der Waals surface area contributed by atoms with Gasteiger partial charge in [0.1, 0.15) is 0 Å². The van der Waals surface area contributed by atoms with Crippen LogP contribution in [0, 0.1) is 11.7 Å². The van der Waals surface area contributed by atoms with Gasteiger partial charge >= 0.3 is 0 Å². The van der Waals surface area contributed by atoms with E-state index in [1.165, 1.54) is 31.7 Å². The molecule has 132 valence electrons. The maximum absolute atomic E-state index is 13.9. The second kappa shape index (κ2) is 9.42. The lowest BCUT2D eigenvalue weighted by atomic mass is 9.89. The summed E-state index contributed by atoms with van der Waals surface area (Å²) in [5.74, 6) is -0.186. The van der Waals surface area contributed by atoms with Crippen molar-refractivity contribution in [1.82, 2.24) is 10.2 Å². The van der Waals surface area contributed by atoms with Gasteiger partial charge in [-0.25, -0.2) is 4.39 Å². The van der Waals surface area contributed by atoms with Crippen LogP contribution in [0.15, 0.2) is 16.6 Å². The lowest BCUT2D eigenvalue weighted by Gasteiger charge is -2.39. The molecule has 0 aromatic heterocycles. The Morgan fingerprint density at radius 1 is 1.17 bits per heavy atom. The molecule has 0 bridgehead atoms. The molecule has 0 unspecified atom stereocenters. The van der Waals surface area contributed by atoms with Crippen molar-refractivity contribution in [3.8, 4) is 5.75 Å². The SMILES string of the molecule is Cl.Cl.Oc1c(F)cc(Br)cc1[C@H](C1CCCC1)N1CCNCC1. The summed E-state index contributed by atoms with van der Waals surface area (Å²) in [5, 5.41) is 13.6. The van der Waals surface area contributed by atoms with Crippen LogP contribution in [0.4, 0.5) is 4.39 Å². The van der Waals surface area contributed by atoms with Gasteiger partial charge in [0.05, 0.1) is 0 Å². The fourth-order valence-corrected chi connectivity index (χ4v) is 4.24. The average Bonchev–Trinajstić information content (AvgIpc) is 2.99. The van der Waals surface area contributed by atoms with Gasteiger partial charge in [-0.05, 0) is 30.9 Å². The van der Waals surface area contributed by atoms with E-state index in [2.05, 4.69) is 26.1 Å². The van der Waals surface area contributed by atoms with Crippen LogP contribution in [-0.4, -0.2) is 36.2 Å². The summed E-state index contributed by atoms with van der Waals surface area (Å²) in [4.78, 5) is 2.41. The number of nitrogens with zero attached hydrogens (tertiary/aromatic N) is 1. The quantitative estimate of drug-likeness (QED) is 0.752. The molecule has 3 rings (SSSR count). The predicted molar refractivity (Wildman–Crippen MR) is 99.4 cm³/mol. The highest BCUT2D eigenvalue weighted by molar-refractivity contribution is 9.10. The number of rotatable bonds is 3. The minimum absolute atomic E-state index is 0. The molecule has 3 nitrogen and oxygen atoms in total. The number of aromatic hydroxyl groups is 1. The maximum Gasteiger partial charge on any atom is 0.166 e. The lowest BCUT2D eigenvalue weighted by Crippen LogP contribution is -2.46. The van der Waals surface area contributed by atoms with Crippen molar-refractivity contribution in [2.24, 2.45) is 5.92 Å². The van der Waals surface area contributed by atoms with Crippen molar-refractivity contribution < 1.29 is 9.50 Å². The van der Waals surface area contributed by atoms with Crippen molar-refractivity contribution in [3.63, 3.8) is 0 Å². The molecule has 1 aliphatic carbocycles. The Kier molecular flexibility index (Phi) is 8.59. The number of halogens is 4. The topological polar surface area (TPSA) is 35.5 Å². The van der Waals surface area contributed by atoms with Crippen LogP contribution >= 0.6 is 40.7 Å². The Hall–Kier alpha value is -0.0700. The first-order valence-electron chi connectivity index (χ1n) is 7.79. The van der Waals surface area contributed by atoms with E-state index in [0.717, 1.165) is 31.7 Å². The molecule has 1 saturated carbocycles. The first-order chi connectivity index (χ1) is 10.2. The molecule has 1 aromatic carbocycles. The number of nitrogens with one attached hydrogen (secondary N) is 1. The summed E-state index contributed by atoms with van der Waals surface area (Å²) < 4.78 is 14.6. The van der Waals surface area contributed by atoms with Crippen LogP contribution in [0.3, 0.4) is 0 Å². The van der Waals surface area contributed by atoms with Gasteiger partial charge in [0, 0.05) is 42.3 Å². The molecular weight excluding hydrogens is 406 g/mol. The molecule has 2 N–H and O–H groups in total. The van der Waals surface area contributed by atoms with Crippen molar-refractivity contribution in [1.29, 1.82) is 0 Å². The van der Waals surface area contributed by atoms with E-state index in [1.807, 2.05) is 6.07 Å². The Balaban J connectivity index is 0.00000132. The van der Waals surface area contributed by atoms with Crippen molar-refractivity contribution >= 4 is 40.7 Å². The summed E-state index contributed by atoms with van der Waals surface area (Å²) in [6.07, 6.45) is 4.82. The summed E-state index contributed by atoms with van der Waals surface area (Å²) in [7, 11) is 0. The highest BCUT2D eigenvalue weighted by atomic mass is 79.9. The zero-order chi connectivity index (χ0) is 14.8. The van der Waals surface area contributed by atoms with E-state index in [0.29, 0.717) is 10.4 Å². The molecular formula is C16H24BrCl2FN2O. The third kappa shape index (κ3) is 4.73. The summed E-state index contributed by atoms with van der Waals surface area (Å²) in [6, 6.07) is 3.35. The van der Waals surface area contributed by atoms with E-state index in [-0.39, 0.29) is 36.6 Å². The molecule has 1 heterocycles. The van der Waals surface area contributed by atoms with Crippen LogP contribution in [0.25, 0.3) is 0 Å². The number of hydrogen-bond donors (Lipinski definition) is 2. The number of phenols is 1. The molecule has 1 saturated heterocycles. The van der Waals surface area contributed by atoms with E-state index in [4.69, 9.17) is 0 Å². The van der Waals surface area contributed by atoms with Crippen molar-refractivity contribution in [2.45, 2.75) is 31.7 Å². The summed E-state index contributed by atoms with van der Waals surface area (Å²) in [5.41, 5.74) is 0.746. The predicted octanol–water partition coefficient (Wildman–Crippen LogP) is 4.27. The summed E-state index contributed by atoms with van der Waals surface area (Å²) >= 11 is 3.37. The molecule has 1 atom stereocenters. The monoisotopic (exact) mass is 428 g/mol. The normalized spacial score (nSPS) is 20.6. The second-order valence-electron chi connectivity index (χ2n) is 6.10. The van der Waals surface area contributed by atoms with Gasteiger partial charge in [-0.3, -0.25) is 4.90 Å². The molecule has 0 radical (unpaired) electrons. The van der Waals surface area contributed by atoms with E-state index >= 15 is 0 Å². The highest BCUT2D eigenvalue weighted by Gasteiger charge is 2.34. The van der Waals surface area contributed by atoms with E-state index < -0.39 is 5.82 Å². The second-order valence-corrected chi connectivity index (χ2v) is 7.02. The van der Waals surface area contributed by atoms with Gasteiger partial charge in [0.15, 0.2) is 11.6 Å². The minimum atomic E-state index is -0.530. The van der Waals surface area contributed by atoms with Crippen LogP contribution in [0.1, 0.15) is 37.3 Å². The number of phenolic OH excluding ortho intramolecular Hbond substituents is 1. The van der Waals surface area contributed by atoms with Gasteiger partial charge in [-0.15, -0.1) is 24.8 Å². The Labute approximate surface area is 158 Å². The van der Waals surface area contributed by atoms with Gasteiger partial charge < -0.3 is 10.4 Å². The standard InChI is InChI=1S/C16H22BrFN2O.2ClH/c17-12-9-13(16(21)14(18)10-12)15(11-3-1-2-4-11)20-7-5-19-6-8-20;;/h9-11,15,19,21H,1-8H2;2*1H/t15-;;/m0../s1. The molecule has 23 heavy (non-hydrogen) atoms. The molecule has 2 aliphatic rings. The van der Waals surface area contributed by atoms with Gasteiger partial charge in [0.25, 0.3) is 0 Å². The summed E-state index contributed by atoms with van der Waals surface area (Å²) in [6.45, 7) is 3.82. The molecule has 0 spiro atoms. The zero-order valence-corrected chi connectivity index (χ0v) is 16.2. The molecule has 2 fully saturated rings. The smallest absolute Gasteiger partial charge is 0.166 e. The molecule has 1 aliphatic heterocycles. The minimum Gasteiger partial charge on any atom is -0.505 e. The number of piperazine rings is 1. The van der Waals surface area contributed by atoms with E-state index in [9.17, 15) is 9.50 Å². The first-order valence-corrected chi connectivity index (χ1v) is 8.59. The largest absolute Gasteiger partial charge is 0.505 e. The van der Waals surface area contributed by atoms with Crippen molar-refractivity contribution in [3.05, 3.63) is 28.0 Å². The van der Waals surface area contributed by atoms with Gasteiger partial charge in [0.2, 0.25) is 0 Å². The Morgan fingerprint density at radius 3 is 2.39 bits per heavy atom. The molecule has 7 heteroatoms. The highest BCUT2D eigenvalue weighted by Crippen LogP contribution is 2.43. The van der Waals surface area contributed by atoms with Crippen LogP contribution in [0.2, 0.25) is 0 Å². The number of hydrogen-bond acceptors (Lipinski definition) is 3. The first kappa shape index (κ1) is 21.0. The molecule has 0 amide bonds. The Bertz CT molecular complexity index is 509. The number of benzene rings is 1. The lowest BCUT2D eigenvalue weighted by molar-refractivity contribution is 0.122. The Morgan fingerprint density at radius 2 is 1.78 bits per heavy atom. The van der Waals surface area contributed by atoms with Crippen LogP contribution in [0.5, 0.6) is 5.75 Å². The third-order valence-corrected chi connectivity index (χ3v) is 5.23. The van der Waals surface area contributed by atoms with Crippen LogP contribution in [-0.2, 0) is 0 Å². The van der Waals surface area contributed by atoms with Crippen molar-refractivity contribution in [2.75, 3.05) is 26.2 Å². The van der Waals surface area contributed by atoms with E-state index in [1.54, 1.807) is 0 Å².